The van der Waals surface area contributed by atoms with Crippen molar-refractivity contribution in [3.63, 3.8) is 0 Å². The summed E-state index contributed by atoms with van der Waals surface area (Å²) >= 11 is 0. The Balaban J connectivity index is 1.25. The van der Waals surface area contributed by atoms with Crippen LogP contribution < -0.4 is 10.1 Å². The smallest absolute Gasteiger partial charge is 0.409 e. The molecule has 0 saturated carbocycles. The van der Waals surface area contributed by atoms with Crippen molar-refractivity contribution in [1.29, 1.82) is 0 Å². The van der Waals surface area contributed by atoms with Crippen LogP contribution in [0.1, 0.15) is 48.2 Å². The van der Waals surface area contributed by atoms with Crippen LogP contribution in [0.25, 0.3) is 11.1 Å². The number of nitrogens with zero attached hydrogens (tertiary/aromatic N) is 1. The second kappa shape index (κ2) is 11.5. The summed E-state index contributed by atoms with van der Waals surface area (Å²) < 4.78 is 17.2. The average Bonchev–Trinajstić information content (AvgIpc) is 3.48. The van der Waals surface area contributed by atoms with Gasteiger partial charge in [-0.25, -0.2) is 14.4 Å². The summed E-state index contributed by atoms with van der Waals surface area (Å²) in [5, 5.41) is 12.0. The maximum atomic E-state index is 13.3. The molecule has 0 aromatic heterocycles. The number of carboxylic acid groups (broad SMARTS) is 1. The summed E-state index contributed by atoms with van der Waals surface area (Å²) in [5.41, 5.74) is 4.05. The lowest BCUT2D eigenvalue weighted by Crippen LogP contribution is -2.44. The molecule has 1 fully saturated rings. The van der Waals surface area contributed by atoms with E-state index in [2.05, 4.69) is 29.6 Å². The third kappa shape index (κ3) is 6.45. The standard InChI is InChI=1S/C32H34N2O7/c1-32(2,3)41-30(37)33-28-17-34(16-21(28)18-39-22-14-12-20(13-15-22)29(35)36)31(38)40-19-27-25-10-6-4-8-23(25)24-9-5-7-11-26(24)27/h4-15,21,27-28H,16-19H2,1-3H3,(H,33,37)(H,35,36). The summed E-state index contributed by atoms with van der Waals surface area (Å²) in [4.78, 5) is 38.6. The maximum absolute atomic E-state index is 13.3. The third-order valence-electron chi connectivity index (χ3n) is 7.30. The first kappa shape index (κ1) is 28.0. The Kier molecular flexibility index (Phi) is 7.88. The summed E-state index contributed by atoms with van der Waals surface area (Å²) in [6.45, 7) is 6.29. The van der Waals surface area contributed by atoms with Crippen molar-refractivity contribution in [2.24, 2.45) is 5.92 Å². The minimum absolute atomic E-state index is 0.0578. The number of ether oxygens (including phenoxy) is 3. The van der Waals surface area contributed by atoms with Gasteiger partial charge in [0.15, 0.2) is 0 Å². The molecule has 2 unspecified atom stereocenters. The van der Waals surface area contributed by atoms with Gasteiger partial charge >= 0.3 is 18.2 Å². The number of alkyl carbamates (subject to hydrolysis) is 1. The van der Waals surface area contributed by atoms with Crippen LogP contribution in [0.15, 0.2) is 72.8 Å². The van der Waals surface area contributed by atoms with Gasteiger partial charge in [-0.05, 0) is 67.3 Å². The number of carboxylic acids is 1. The maximum Gasteiger partial charge on any atom is 0.409 e. The topological polar surface area (TPSA) is 114 Å². The zero-order valence-electron chi connectivity index (χ0n) is 23.3. The first-order valence-electron chi connectivity index (χ1n) is 13.6. The molecule has 2 N–H and O–H groups in total. The van der Waals surface area contributed by atoms with Crippen LogP contribution in [-0.2, 0) is 9.47 Å². The number of amides is 2. The second-order valence-electron chi connectivity index (χ2n) is 11.4. The van der Waals surface area contributed by atoms with Gasteiger partial charge in [0.25, 0.3) is 0 Å². The summed E-state index contributed by atoms with van der Waals surface area (Å²) in [6, 6.07) is 22.0. The molecular formula is C32H34N2O7. The van der Waals surface area contributed by atoms with Gasteiger partial charge in [0, 0.05) is 24.9 Å². The van der Waals surface area contributed by atoms with Crippen molar-refractivity contribution in [2.45, 2.75) is 38.3 Å². The Hall–Kier alpha value is -4.53. The first-order chi connectivity index (χ1) is 19.6. The number of aromatic carboxylic acids is 1. The van der Waals surface area contributed by atoms with Crippen molar-refractivity contribution in [3.8, 4) is 16.9 Å². The van der Waals surface area contributed by atoms with Crippen molar-refractivity contribution in [3.05, 3.63) is 89.5 Å². The lowest BCUT2D eigenvalue weighted by atomic mass is 9.98. The molecule has 5 rings (SSSR count). The lowest BCUT2D eigenvalue weighted by molar-refractivity contribution is 0.0487. The van der Waals surface area contributed by atoms with Crippen LogP contribution in [0.4, 0.5) is 9.59 Å². The molecule has 1 saturated heterocycles. The molecule has 2 amide bonds. The lowest BCUT2D eigenvalue weighted by Gasteiger charge is -2.24. The van der Waals surface area contributed by atoms with Crippen LogP contribution in [0.3, 0.4) is 0 Å². The highest BCUT2D eigenvalue weighted by Gasteiger charge is 2.39. The second-order valence-corrected chi connectivity index (χ2v) is 11.4. The predicted molar refractivity (Wildman–Crippen MR) is 152 cm³/mol. The van der Waals surface area contributed by atoms with Crippen molar-refractivity contribution < 1.29 is 33.7 Å². The minimum atomic E-state index is -1.02. The average molecular weight is 559 g/mol. The van der Waals surface area contributed by atoms with Crippen LogP contribution in [-0.4, -0.2) is 66.1 Å². The normalized spacial score (nSPS) is 17.9. The number of carbonyl (C=O) groups excluding carboxylic acids is 2. The van der Waals surface area contributed by atoms with Gasteiger partial charge in [-0.15, -0.1) is 0 Å². The highest BCUT2D eigenvalue weighted by molar-refractivity contribution is 5.87. The number of benzene rings is 3. The van der Waals surface area contributed by atoms with Crippen molar-refractivity contribution in [2.75, 3.05) is 26.3 Å². The monoisotopic (exact) mass is 558 g/mol. The third-order valence-corrected chi connectivity index (χ3v) is 7.30. The van der Waals surface area contributed by atoms with E-state index in [1.165, 1.54) is 12.1 Å². The molecule has 0 bridgehead atoms. The Labute approximate surface area is 239 Å². The molecular weight excluding hydrogens is 524 g/mol. The molecule has 0 spiro atoms. The van der Waals surface area contributed by atoms with Crippen molar-refractivity contribution >= 4 is 18.2 Å². The highest BCUT2D eigenvalue weighted by Crippen LogP contribution is 2.44. The van der Waals surface area contributed by atoms with E-state index < -0.39 is 29.8 Å². The zero-order valence-corrected chi connectivity index (χ0v) is 23.3. The fraction of sp³-hybridized carbons (Fsp3) is 0.344. The number of carbonyl (C=O) groups is 3. The first-order valence-corrected chi connectivity index (χ1v) is 13.6. The van der Waals surface area contributed by atoms with Crippen LogP contribution in [0.5, 0.6) is 5.75 Å². The summed E-state index contributed by atoms with van der Waals surface area (Å²) in [6.07, 6.45) is -1.04. The zero-order chi connectivity index (χ0) is 29.1. The molecule has 1 heterocycles. The van der Waals surface area contributed by atoms with Gasteiger partial charge in [0.1, 0.15) is 18.0 Å². The van der Waals surface area contributed by atoms with Crippen molar-refractivity contribution in [1.82, 2.24) is 10.2 Å². The van der Waals surface area contributed by atoms with Gasteiger partial charge < -0.3 is 29.5 Å². The SMILES string of the molecule is CC(C)(C)OC(=O)NC1CN(C(=O)OCC2c3ccccc3-c3ccccc32)CC1COc1ccc(C(=O)O)cc1. The number of hydrogen-bond donors (Lipinski definition) is 2. The fourth-order valence-corrected chi connectivity index (χ4v) is 5.39. The molecule has 1 aliphatic carbocycles. The number of likely N-dealkylation sites (tertiary alicyclic amines) is 1. The van der Waals surface area contributed by atoms with E-state index in [-0.39, 0.29) is 37.2 Å². The molecule has 3 aromatic carbocycles. The Morgan fingerprint density at radius 3 is 2.07 bits per heavy atom. The van der Waals surface area contributed by atoms with Gasteiger partial charge in [0.05, 0.1) is 18.2 Å². The summed E-state index contributed by atoms with van der Waals surface area (Å²) in [5.74, 6) is -0.835. The van der Waals surface area contributed by atoms with Gasteiger partial charge in [-0.2, -0.15) is 0 Å². The quantitative estimate of drug-likeness (QED) is 0.391. The Bertz CT molecular complexity index is 1380. The van der Waals surface area contributed by atoms with E-state index in [1.54, 1.807) is 37.8 Å². The molecule has 9 heteroatoms. The molecule has 2 aliphatic rings. The number of fused-ring (bicyclic) bond motifs is 3. The molecule has 0 radical (unpaired) electrons. The highest BCUT2D eigenvalue weighted by atomic mass is 16.6. The largest absolute Gasteiger partial charge is 0.493 e. The van der Waals surface area contributed by atoms with Gasteiger partial charge in [0.2, 0.25) is 0 Å². The van der Waals surface area contributed by atoms with E-state index >= 15 is 0 Å². The van der Waals surface area contributed by atoms with E-state index in [0.29, 0.717) is 12.3 Å². The van der Waals surface area contributed by atoms with Gasteiger partial charge in [-0.3, -0.25) is 0 Å². The molecule has 41 heavy (non-hydrogen) atoms. The fourth-order valence-electron chi connectivity index (χ4n) is 5.39. The van der Waals surface area contributed by atoms with Crippen LogP contribution >= 0.6 is 0 Å². The molecule has 1 aliphatic heterocycles. The number of hydrogen-bond acceptors (Lipinski definition) is 6. The molecule has 214 valence electrons. The minimum Gasteiger partial charge on any atom is -0.493 e. The molecule has 2 atom stereocenters. The molecule has 3 aromatic rings. The van der Waals surface area contributed by atoms with Gasteiger partial charge in [-0.1, -0.05) is 48.5 Å². The predicted octanol–water partition coefficient (Wildman–Crippen LogP) is 5.54. The van der Waals surface area contributed by atoms with E-state index in [1.807, 2.05) is 24.3 Å². The summed E-state index contributed by atoms with van der Waals surface area (Å²) in [7, 11) is 0. The van der Waals surface area contributed by atoms with E-state index in [9.17, 15) is 14.4 Å². The molecule has 9 nitrogen and oxygen atoms in total. The van der Waals surface area contributed by atoms with Crippen LogP contribution in [0, 0.1) is 5.92 Å². The Morgan fingerprint density at radius 2 is 1.49 bits per heavy atom. The number of nitrogens with one attached hydrogen (secondary N) is 1. The van der Waals surface area contributed by atoms with E-state index in [0.717, 1.165) is 22.3 Å². The van der Waals surface area contributed by atoms with Crippen LogP contribution in [0.2, 0.25) is 0 Å². The Morgan fingerprint density at radius 1 is 0.878 bits per heavy atom. The number of rotatable bonds is 7. The van der Waals surface area contributed by atoms with E-state index in [4.69, 9.17) is 19.3 Å².